The summed E-state index contributed by atoms with van der Waals surface area (Å²) in [6.07, 6.45) is 2.57. The summed E-state index contributed by atoms with van der Waals surface area (Å²) in [4.78, 5) is 15.0. The van der Waals surface area contributed by atoms with Gasteiger partial charge in [-0.3, -0.25) is 4.98 Å². The van der Waals surface area contributed by atoms with Gasteiger partial charge in [-0.25, -0.2) is 4.79 Å². The van der Waals surface area contributed by atoms with Gasteiger partial charge in [0.2, 0.25) is 0 Å². The maximum Gasteiger partial charge on any atom is 0.341 e. The molecule has 0 bridgehead atoms. The number of pyridine rings is 1. The Labute approximate surface area is 86.1 Å². The standard InChI is InChI=1S/C9H7ClN2O2/c1-2-14-9(13)7-4-12-5-8(10)6(7)3-11/h4-5H,2H2,1H3. The van der Waals surface area contributed by atoms with Gasteiger partial charge in [0.1, 0.15) is 6.07 Å². The Morgan fingerprint density at radius 3 is 3.00 bits per heavy atom. The van der Waals surface area contributed by atoms with Crippen molar-refractivity contribution in [1.82, 2.24) is 4.98 Å². The van der Waals surface area contributed by atoms with Crippen LogP contribution in [-0.2, 0) is 4.74 Å². The van der Waals surface area contributed by atoms with E-state index in [4.69, 9.17) is 21.6 Å². The summed E-state index contributed by atoms with van der Waals surface area (Å²) >= 11 is 5.68. The van der Waals surface area contributed by atoms with Crippen LogP contribution in [0.25, 0.3) is 0 Å². The maximum atomic E-state index is 11.3. The van der Waals surface area contributed by atoms with Gasteiger partial charge in [-0.15, -0.1) is 0 Å². The number of hydrogen-bond donors (Lipinski definition) is 0. The predicted octanol–water partition coefficient (Wildman–Crippen LogP) is 1.78. The first-order valence-corrected chi connectivity index (χ1v) is 4.29. The summed E-state index contributed by atoms with van der Waals surface area (Å²) in [5.74, 6) is -0.584. The van der Waals surface area contributed by atoms with Gasteiger partial charge in [0.25, 0.3) is 0 Å². The van der Waals surface area contributed by atoms with Crippen LogP contribution in [0.15, 0.2) is 12.4 Å². The lowest BCUT2D eigenvalue weighted by Gasteiger charge is -2.03. The van der Waals surface area contributed by atoms with E-state index in [1.54, 1.807) is 6.92 Å². The van der Waals surface area contributed by atoms with E-state index in [0.717, 1.165) is 0 Å². The Morgan fingerprint density at radius 2 is 2.43 bits per heavy atom. The van der Waals surface area contributed by atoms with Crippen molar-refractivity contribution < 1.29 is 9.53 Å². The zero-order valence-electron chi connectivity index (χ0n) is 7.45. The lowest BCUT2D eigenvalue weighted by atomic mass is 10.1. The van der Waals surface area contributed by atoms with Gasteiger partial charge < -0.3 is 4.74 Å². The second-order valence-electron chi connectivity index (χ2n) is 2.38. The van der Waals surface area contributed by atoms with E-state index in [1.807, 2.05) is 6.07 Å². The van der Waals surface area contributed by atoms with Crippen LogP contribution in [0.3, 0.4) is 0 Å². The largest absolute Gasteiger partial charge is 0.462 e. The number of nitrogens with zero attached hydrogens (tertiary/aromatic N) is 2. The van der Waals surface area contributed by atoms with Crippen LogP contribution < -0.4 is 0 Å². The second-order valence-corrected chi connectivity index (χ2v) is 2.78. The molecule has 1 rings (SSSR count). The SMILES string of the molecule is CCOC(=O)c1cncc(Cl)c1C#N. The molecule has 14 heavy (non-hydrogen) atoms. The van der Waals surface area contributed by atoms with Crippen LogP contribution in [-0.4, -0.2) is 17.6 Å². The number of aromatic nitrogens is 1. The van der Waals surface area contributed by atoms with Crippen molar-refractivity contribution in [3.8, 4) is 6.07 Å². The summed E-state index contributed by atoms with van der Waals surface area (Å²) in [5, 5.41) is 8.90. The summed E-state index contributed by atoms with van der Waals surface area (Å²) in [6, 6.07) is 1.83. The first kappa shape index (κ1) is 10.5. The zero-order chi connectivity index (χ0) is 10.6. The Hall–Kier alpha value is -1.60. The van der Waals surface area contributed by atoms with Crippen molar-refractivity contribution in [3.05, 3.63) is 28.5 Å². The summed E-state index contributed by atoms with van der Waals surface area (Å²) in [5.41, 5.74) is 0.196. The third kappa shape index (κ3) is 2.01. The second kappa shape index (κ2) is 4.58. The number of ether oxygens (including phenoxy) is 1. The van der Waals surface area contributed by atoms with Crippen molar-refractivity contribution in [2.45, 2.75) is 6.92 Å². The molecule has 4 nitrogen and oxygen atoms in total. The van der Waals surface area contributed by atoms with Gasteiger partial charge in [-0.05, 0) is 6.92 Å². The monoisotopic (exact) mass is 210 g/mol. The van der Waals surface area contributed by atoms with E-state index in [1.165, 1.54) is 12.4 Å². The molecule has 0 fully saturated rings. The van der Waals surface area contributed by atoms with Crippen LogP contribution in [0, 0.1) is 11.3 Å². The molecule has 0 unspecified atom stereocenters. The highest BCUT2D eigenvalue weighted by Gasteiger charge is 2.15. The third-order valence-electron chi connectivity index (χ3n) is 1.51. The number of carbonyl (C=O) groups is 1. The fourth-order valence-electron chi connectivity index (χ4n) is 0.912. The molecule has 0 aliphatic carbocycles. The van der Waals surface area contributed by atoms with Gasteiger partial charge >= 0.3 is 5.97 Å². The molecule has 0 spiro atoms. The molecule has 1 heterocycles. The predicted molar refractivity (Wildman–Crippen MR) is 49.9 cm³/mol. The molecule has 1 aromatic rings. The molecule has 0 atom stereocenters. The lowest BCUT2D eigenvalue weighted by molar-refractivity contribution is 0.0525. The van der Waals surface area contributed by atoms with E-state index >= 15 is 0 Å². The van der Waals surface area contributed by atoms with Gasteiger partial charge in [-0.2, -0.15) is 5.26 Å². The summed E-state index contributed by atoms with van der Waals surface area (Å²) in [6.45, 7) is 1.93. The quantitative estimate of drug-likeness (QED) is 0.698. The average molecular weight is 211 g/mol. The number of rotatable bonds is 2. The third-order valence-corrected chi connectivity index (χ3v) is 1.79. The number of halogens is 1. The normalized spacial score (nSPS) is 9.21. The molecule has 0 aliphatic rings. The van der Waals surface area contributed by atoms with E-state index in [0.29, 0.717) is 0 Å². The highest BCUT2D eigenvalue weighted by atomic mass is 35.5. The fourth-order valence-corrected chi connectivity index (χ4v) is 1.11. The van der Waals surface area contributed by atoms with Gasteiger partial charge in [0.05, 0.1) is 22.8 Å². The Bertz CT molecular complexity index is 398. The van der Waals surface area contributed by atoms with Crippen LogP contribution in [0.2, 0.25) is 5.02 Å². The van der Waals surface area contributed by atoms with Crippen LogP contribution in [0.4, 0.5) is 0 Å². The molecule has 0 amide bonds. The minimum absolute atomic E-state index is 0.0973. The molecule has 0 saturated carbocycles. The average Bonchev–Trinajstić information content (AvgIpc) is 2.17. The first-order chi connectivity index (χ1) is 6.70. The van der Waals surface area contributed by atoms with Gasteiger partial charge in [0, 0.05) is 12.4 Å². The number of nitriles is 1. The van der Waals surface area contributed by atoms with E-state index in [2.05, 4.69) is 4.98 Å². The van der Waals surface area contributed by atoms with Gasteiger partial charge in [0.15, 0.2) is 0 Å². The van der Waals surface area contributed by atoms with Gasteiger partial charge in [-0.1, -0.05) is 11.6 Å². The molecule has 0 aliphatic heterocycles. The summed E-state index contributed by atoms with van der Waals surface area (Å²) in [7, 11) is 0. The molecule has 72 valence electrons. The van der Waals surface area contributed by atoms with Crippen LogP contribution in [0.5, 0.6) is 0 Å². The molecule has 1 aromatic heterocycles. The number of carbonyl (C=O) groups excluding carboxylic acids is 1. The van der Waals surface area contributed by atoms with Crippen molar-refractivity contribution in [1.29, 1.82) is 5.26 Å². The number of esters is 1. The van der Waals surface area contributed by atoms with Crippen LogP contribution >= 0.6 is 11.6 Å². The Balaban J connectivity index is 3.15. The minimum atomic E-state index is -0.584. The lowest BCUT2D eigenvalue weighted by Crippen LogP contribution is -2.07. The minimum Gasteiger partial charge on any atom is -0.462 e. The number of hydrogen-bond acceptors (Lipinski definition) is 4. The molecule has 0 saturated heterocycles. The molecule has 5 heteroatoms. The first-order valence-electron chi connectivity index (χ1n) is 3.91. The Morgan fingerprint density at radius 1 is 1.71 bits per heavy atom. The van der Waals surface area contributed by atoms with E-state index < -0.39 is 5.97 Å². The van der Waals surface area contributed by atoms with Crippen LogP contribution in [0.1, 0.15) is 22.8 Å². The summed E-state index contributed by atoms with van der Waals surface area (Å²) < 4.78 is 4.74. The Kier molecular flexibility index (Phi) is 3.43. The molecular formula is C9H7ClN2O2. The topological polar surface area (TPSA) is 63.0 Å². The highest BCUT2D eigenvalue weighted by molar-refractivity contribution is 6.32. The molecule has 0 radical (unpaired) electrons. The van der Waals surface area contributed by atoms with Crippen molar-refractivity contribution in [2.75, 3.05) is 6.61 Å². The smallest absolute Gasteiger partial charge is 0.341 e. The molecule has 0 N–H and O–H groups in total. The fraction of sp³-hybridized carbons (Fsp3) is 0.222. The molecular weight excluding hydrogens is 204 g/mol. The zero-order valence-corrected chi connectivity index (χ0v) is 8.21. The molecule has 0 aromatic carbocycles. The van der Waals surface area contributed by atoms with E-state index in [9.17, 15) is 4.79 Å². The van der Waals surface area contributed by atoms with Crippen molar-refractivity contribution in [3.63, 3.8) is 0 Å². The van der Waals surface area contributed by atoms with Crippen molar-refractivity contribution >= 4 is 17.6 Å². The van der Waals surface area contributed by atoms with Crippen molar-refractivity contribution in [2.24, 2.45) is 0 Å². The van der Waals surface area contributed by atoms with E-state index in [-0.39, 0.29) is 22.8 Å². The highest BCUT2D eigenvalue weighted by Crippen LogP contribution is 2.17. The maximum absolute atomic E-state index is 11.3.